The number of aryl methyl sites for hydroxylation is 1. The number of imidazole rings is 1. The number of nitrogens with zero attached hydrogens (tertiary/aromatic N) is 4. The molecule has 0 unspecified atom stereocenters. The molecular formula is C25H28N4O2. The number of para-hydroxylation sites is 2. The fraction of sp³-hybridized carbons (Fsp3) is 0.400. The number of rotatable bonds is 4. The average molecular weight is 417 g/mol. The summed E-state index contributed by atoms with van der Waals surface area (Å²) < 4.78 is 2.04. The molecule has 0 saturated carbocycles. The van der Waals surface area contributed by atoms with E-state index >= 15 is 0 Å². The lowest BCUT2D eigenvalue weighted by atomic mass is 10.1. The molecule has 2 saturated heterocycles. The second kappa shape index (κ2) is 8.17. The van der Waals surface area contributed by atoms with E-state index in [-0.39, 0.29) is 24.3 Å². The smallest absolute Gasteiger partial charge is 0.242 e. The third-order valence-corrected chi connectivity index (χ3v) is 6.52. The van der Waals surface area contributed by atoms with E-state index in [2.05, 4.69) is 0 Å². The molecule has 31 heavy (non-hydrogen) atoms. The van der Waals surface area contributed by atoms with Crippen LogP contribution in [0.3, 0.4) is 0 Å². The van der Waals surface area contributed by atoms with Gasteiger partial charge in [-0.15, -0.1) is 0 Å². The molecule has 160 valence electrons. The van der Waals surface area contributed by atoms with Crippen molar-refractivity contribution in [2.24, 2.45) is 0 Å². The zero-order chi connectivity index (χ0) is 21.4. The van der Waals surface area contributed by atoms with Crippen molar-refractivity contribution in [1.82, 2.24) is 14.5 Å². The molecule has 2 fully saturated rings. The highest BCUT2D eigenvalue weighted by atomic mass is 16.2. The van der Waals surface area contributed by atoms with Gasteiger partial charge in [0.1, 0.15) is 12.4 Å². The lowest BCUT2D eigenvalue weighted by Crippen LogP contribution is -2.38. The second-order valence-electron chi connectivity index (χ2n) is 8.73. The topological polar surface area (TPSA) is 58.4 Å². The SMILES string of the molecule is Cc1ccc(N2C[C@@H](c3nc4ccccc4n3CC(=O)N3CCCCC3)CC2=O)cc1. The van der Waals surface area contributed by atoms with Gasteiger partial charge in [-0.1, -0.05) is 29.8 Å². The number of hydrogen-bond acceptors (Lipinski definition) is 3. The van der Waals surface area contributed by atoms with Crippen LogP contribution in [0.5, 0.6) is 0 Å². The summed E-state index contributed by atoms with van der Waals surface area (Å²) in [5.74, 6) is 1.06. The Morgan fingerprint density at radius 2 is 1.77 bits per heavy atom. The van der Waals surface area contributed by atoms with Gasteiger partial charge in [0.25, 0.3) is 0 Å². The van der Waals surface area contributed by atoms with Gasteiger partial charge in [-0.05, 0) is 50.5 Å². The van der Waals surface area contributed by atoms with E-state index in [4.69, 9.17) is 4.98 Å². The van der Waals surface area contributed by atoms with Crippen molar-refractivity contribution < 1.29 is 9.59 Å². The number of fused-ring (bicyclic) bond motifs is 1. The van der Waals surface area contributed by atoms with E-state index in [0.29, 0.717) is 13.0 Å². The summed E-state index contributed by atoms with van der Waals surface area (Å²) in [5, 5.41) is 0. The molecule has 2 aromatic carbocycles. The first kappa shape index (κ1) is 19.8. The fourth-order valence-corrected chi connectivity index (χ4v) is 4.81. The molecular weight excluding hydrogens is 388 g/mol. The van der Waals surface area contributed by atoms with Crippen LogP contribution in [0.4, 0.5) is 5.69 Å². The molecule has 2 amide bonds. The molecule has 5 rings (SSSR count). The van der Waals surface area contributed by atoms with Crippen molar-refractivity contribution in [3.63, 3.8) is 0 Å². The van der Waals surface area contributed by atoms with Crippen LogP contribution >= 0.6 is 0 Å². The van der Waals surface area contributed by atoms with E-state index in [1.807, 2.05) is 69.8 Å². The normalized spacial score (nSPS) is 19.4. The molecule has 6 heteroatoms. The first-order valence-electron chi connectivity index (χ1n) is 11.2. The fourth-order valence-electron chi connectivity index (χ4n) is 4.81. The van der Waals surface area contributed by atoms with E-state index in [1.165, 1.54) is 12.0 Å². The van der Waals surface area contributed by atoms with Crippen molar-refractivity contribution in [2.45, 2.75) is 45.1 Å². The summed E-state index contributed by atoms with van der Waals surface area (Å²) in [6.45, 7) is 4.59. The van der Waals surface area contributed by atoms with Gasteiger partial charge in [-0.3, -0.25) is 9.59 Å². The number of carbonyl (C=O) groups is 2. The molecule has 3 heterocycles. The quantitative estimate of drug-likeness (QED) is 0.649. The molecule has 0 radical (unpaired) electrons. The number of piperidine rings is 1. The maximum atomic E-state index is 13.1. The monoisotopic (exact) mass is 416 g/mol. The number of amides is 2. The largest absolute Gasteiger partial charge is 0.341 e. The van der Waals surface area contributed by atoms with Crippen molar-refractivity contribution in [3.05, 3.63) is 59.9 Å². The van der Waals surface area contributed by atoms with Crippen LogP contribution in [0.25, 0.3) is 11.0 Å². The minimum absolute atomic E-state index is 0.0321. The number of likely N-dealkylation sites (tertiary alicyclic amines) is 1. The number of benzene rings is 2. The average Bonchev–Trinajstić information content (AvgIpc) is 3.35. The number of anilines is 1. The number of carbonyl (C=O) groups excluding carboxylic acids is 2. The summed E-state index contributed by atoms with van der Waals surface area (Å²) >= 11 is 0. The zero-order valence-corrected chi connectivity index (χ0v) is 18.0. The second-order valence-corrected chi connectivity index (χ2v) is 8.73. The Labute approximate surface area is 182 Å². The molecule has 0 aliphatic carbocycles. The Hall–Kier alpha value is -3.15. The minimum Gasteiger partial charge on any atom is -0.341 e. The van der Waals surface area contributed by atoms with Gasteiger partial charge in [-0.25, -0.2) is 4.98 Å². The van der Waals surface area contributed by atoms with E-state index in [1.54, 1.807) is 0 Å². The minimum atomic E-state index is -0.0321. The summed E-state index contributed by atoms with van der Waals surface area (Å²) in [6, 6.07) is 16.0. The molecule has 2 aliphatic heterocycles. The highest BCUT2D eigenvalue weighted by Gasteiger charge is 2.35. The van der Waals surface area contributed by atoms with Crippen molar-refractivity contribution >= 4 is 28.5 Å². The predicted molar refractivity (Wildman–Crippen MR) is 121 cm³/mol. The van der Waals surface area contributed by atoms with Crippen molar-refractivity contribution in [2.75, 3.05) is 24.5 Å². The number of hydrogen-bond donors (Lipinski definition) is 0. The molecule has 0 N–H and O–H groups in total. The lowest BCUT2D eigenvalue weighted by molar-refractivity contribution is -0.132. The molecule has 0 bridgehead atoms. The molecule has 6 nitrogen and oxygen atoms in total. The van der Waals surface area contributed by atoms with E-state index < -0.39 is 0 Å². The van der Waals surface area contributed by atoms with E-state index in [0.717, 1.165) is 48.5 Å². The predicted octanol–water partition coefficient (Wildman–Crippen LogP) is 3.88. The van der Waals surface area contributed by atoms with Crippen LogP contribution < -0.4 is 4.90 Å². The van der Waals surface area contributed by atoms with Crippen LogP contribution in [-0.4, -0.2) is 45.9 Å². The summed E-state index contributed by atoms with van der Waals surface area (Å²) in [5.41, 5.74) is 3.93. The molecule has 0 spiro atoms. The van der Waals surface area contributed by atoms with Gasteiger partial charge in [-0.2, -0.15) is 0 Å². The lowest BCUT2D eigenvalue weighted by Gasteiger charge is -2.27. The maximum Gasteiger partial charge on any atom is 0.242 e. The summed E-state index contributed by atoms with van der Waals surface area (Å²) in [7, 11) is 0. The van der Waals surface area contributed by atoms with Gasteiger partial charge in [0.15, 0.2) is 0 Å². The third-order valence-electron chi connectivity index (χ3n) is 6.52. The van der Waals surface area contributed by atoms with Gasteiger partial charge in [0, 0.05) is 37.7 Å². The molecule has 3 aromatic rings. The molecule has 2 aliphatic rings. The highest BCUT2D eigenvalue weighted by molar-refractivity contribution is 5.96. The molecule has 1 atom stereocenters. The van der Waals surface area contributed by atoms with Crippen molar-refractivity contribution in [3.8, 4) is 0 Å². The van der Waals surface area contributed by atoms with Gasteiger partial charge >= 0.3 is 0 Å². The third kappa shape index (κ3) is 3.82. The Morgan fingerprint density at radius 1 is 1.03 bits per heavy atom. The Bertz CT molecular complexity index is 1110. The summed E-state index contributed by atoms with van der Waals surface area (Å²) in [4.78, 5) is 34.6. The van der Waals surface area contributed by atoms with Gasteiger partial charge < -0.3 is 14.4 Å². The van der Waals surface area contributed by atoms with Crippen LogP contribution in [0, 0.1) is 6.92 Å². The van der Waals surface area contributed by atoms with Crippen LogP contribution in [-0.2, 0) is 16.1 Å². The number of aromatic nitrogens is 2. The first-order chi connectivity index (χ1) is 15.1. The van der Waals surface area contributed by atoms with Crippen LogP contribution in [0.2, 0.25) is 0 Å². The van der Waals surface area contributed by atoms with Gasteiger partial charge in [0.2, 0.25) is 11.8 Å². The first-order valence-corrected chi connectivity index (χ1v) is 11.2. The zero-order valence-electron chi connectivity index (χ0n) is 18.0. The molecule has 1 aromatic heterocycles. The van der Waals surface area contributed by atoms with Crippen LogP contribution in [0.15, 0.2) is 48.5 Å². The Morgan fingerprint density at radius 3 is 2.55 bits per heavy atom. The summed E-state index contributed by atoms with van der Waals surface area (Å²) in [6.07, 6.45) is 3.76. The van der Waals surface area contributed by atoms with E-state index in [9.17, 15) is 9.59 Å². The highest BCUT2D eigenvalue weighted by Crippen LogP contribution is 2.33. The van der Waals surface area contributed by atoms with Crippen LogP contribution in [0.1, 0.15) is 43.0 Å². The standard InChI is InChI=1S/C25H28N4O2/c1-18-9-11-20(12-10-18)28-16-19(15-23(28)30)25-26-21-7-3-4-8-22(21)29(25)17-24(31)27-13-5-2-6-14-27/h3-4,7-12,19H,2,5-6,13-17H2,1H3/t19-/m0/s1. The maximum absolute atomic E-state index is 13.1. The Kier molecular flexibility index (Phi) is 5.22. The Balaban J connectivity index is 1.45. The van der Waals surface area contributed by atoms with Crippen molar-refractivity contribution in [1.29, 1.82) is 0 Å². The van der Waals surface area contributed by atoms with Gasteiger partial charge in [0.05, 0.1) is 11.0 Å².